The Balaban J connectivity index is 1.60. The van der Waals surface area contributed by atoms with Gasteiger partial charge >= 0.3 is 0 Å². The molecule has 0 amide bonds. The van der Waals surface area contributed by atoms with Gasteiger partial charge in [0, 0.05) is 0 Å². The summed E-state index contributed by atoms with van der Waals surface area (Å²) in [6.45, 7) is 18.0. The van der Waals surface area contributed by atoms with Crippen LogP contribution in [0.4, 0.5) is 8.78 Å². The third kappa shape index (κ3) is 3.55. The maximum atomic E-state index is 15.0. The van der Waals surface area contributed by atoms with E-state index in [1.807, 2.05) is 0 Å². The molecule has 0 aromatic heterocycles. The number of hydrogen-bond donors (Lipinski definition) is 0. The Labute approximate surface area is 197 Å². The molecule has 4 aliphatic carbocycles. The second kappa shape index (κ2) is 7.81. The van der Waals surface area contributed by atoms with Crippen molar-refractivity contribution in [2.45, 2.75) is 138 Å². The molecule has 2 saturated carbocycles. The average molecular weight is 449 g/mol. The molecule has 0 N–H and O–H groups in total. The molecule has 0 aromatic carbocycles. The molecular weight excluding hydrogens is 398 g/mol. The Kier molecular flexibility index (Phi) is 6.03. The van der Waals surface area contributed by atoms with Gasteiger partial charge in [0.25, 0.3) is 0 Å². The number of halogens is 2. The first-order valence-corrected chi connectivity index (χ1v) is 13.7. The smallest absolute Gasteiger partial charge is 0.106 e. The summed E-state index contributed by atoms with van der Waals surface area (Å²) in [4.78, 5) is 0. The predicted octanol–water partition coefficient (Wildman–Crippen LogP) is 9.63. The quantitative estimate of drug-likeness (QED) is 0.367. The maximum Gasteiger partial charge on any atom is 0.106 e. The van der Waals surface area contributed by atoms with E-state index in [0.29, 0.717) is 29.1 Å². The molecule has 0 radical (unpaired) electrons. The van der Waals surface area contributed by atoms with E-state index in [1.165, 1.54) is 38.5 Å². The summed E-state index contributed by atoms with van der Waals surface area (Å²) in [7, 11) is 0. The molecule has 2 fully saturated rings. The molecule has 0 spiro atoms. The molecule has 0 aromatic rings. The summed E-state index contributed by atoms with van der Waals surface area (Å²) < 4.78 is 29.0. The zero-order valence-corrected chi connectivity index (χ0v) is 22.3. The van der Waals surface area contributed by atoms with Crippen LogP contribution in [0.25, 0.3) is 0 Å². The van der Waals surface area contributed by atoms with Gasteiger partial charge in [-0.15, -0.1) is 0 Å². The highest BCUT2D eigenvalue weighted by Gasteiger charge is 2.63. The van der Waals surface area contributed by atoms with Gasteiger partial charge in [-0.05, 0) is 111 Å². The van der Waals surface area contributed by atoms with Crippen molar-refractivity contribution in [1.82, 2.24) is 0 Å². The molecular formula is C30H50F2. The third-order valence-corrected chi connectivity index (χ3v) is 11.8. The molecule has 0 heterocycles. The Hall–Kier alpha value is -0.400. The number of rotatable bonds is 5. The van der Waals surface area contributed by atoms with E-state index in [-0.39, 0.29) is 10.8 Å². The van der Waals surface area contributed by atoms with Crippen LogP contribution in [0, 0.1) is 39.4 Å². The van der Waals surface area contributed by atoms with Crippen LogP contribution >= 0.6 is 0 Å². The highest BCUT2D eigenvalue weighted by atomic mass is 19.1. The topological polar surface area (TPSA) is 0 Å². The van der Waals surface area contributed by atoms with E-state index in [2.05, 4.69) is 41.5 Å². The minimum atomic E-state index is -1.04. The number of fused-ring (bicyclic) bond motifs is 4. The van der Waals surface area contributed by atoms with Crippen molar-refractivity contribution in [1.29, 1.82) is 0 Å². The van der Waals surface area contributed by atoms with Crippen molar-refractivity contribution in [2.24, 2.45) is 39.4 Å². The lowest BCUT2D eigenvalue weighted by atomic mass is 9.43. The number of allylic oxidation sites excluding steroid dienone is 2. The van der Waals surface area contributed by atoms with Gasteiger partial charge in [-0.3, -0.25) is 0 Å². The molecule has 7 atom stereocenters. The van der Waals surface area contributed by atoms with Gasteiger partial charge in [-0.1, -0.05) is 65.5 Å². The fraction of sp³-hybridized carbons (Fsp3) is 0.933. The molecule has 4 rings (SSSR count). The van der Waals surface area contributed by atoms with Crippen LogP contribution in [-0.4, -0.2) is 11.8 Å². The van der Waals surface area contributed by atoms with Gasteiger partial charge in [0.15, 0.2) is 0 Å². The van der Waals surface area contributed by atoms with E-state index in [4.69, 9.17) is 0 Å². The van der Waals surface area contributed by atoms with Gasteiger partial charge in [0.2, 0.25) is 0 Å². The molecule has 0 nitrogen and oxygen atoms in total. The third-order valence-electron chi connectivity index (χ3n) is 11.8. The Bertz CT molecular complexity index is 757. The number of alkyl halides is 2. The standard InChI is InChI=1S/C30H50F2/c1-20(10-9-16-26(2,3)32)21-13-18-30(8)23-11-12-24-27(4,5)25(31)15-17-28(24,6)22(23)14-19-29(21,30)7/h20-21,24-25H,9-19H2,1-8H3/t20-,21-,24+,25+,28-,29-,30+/m1/s1. The minimum absolute atomic E-state index is 0.195. The van der Waals surface area contributed by atoms with Crippen LogP contribution < -0.4 is 0 Å². The van der Waals surface area contributed by atoms with E-state index in [0.717, 1.165) is 31.6 Å². The van der Waals surface area contributed by atoms with Crippen molar-refractivity contribution in [2.75, 3.05) is 0 Å². The van der Waals surface area contributed by atoms with E-state index in [9.17, 15) is 8.78 Å². The zero-order chi connectivity index (χ0) is 23.7. The highest BCUT2D eigenvalue weighted by Crippen LogP contribution is 2.72. The van der Waals surface area contributed by atoms with Crippen LogP contribution in [0.15, 0.2) is 11.1 Å². The van der Waals surface area contributed by atoms with Crippen LogP contribution in [0.1, 0.15) is 126 Å². The van der Waals surface area contributed by atoms with E-state index >= 15 is 0 Å². The lowest BCUT2D eigenvalue weighted by Gasteiger charge is -2.61. The zero-order valence-electron chi connectivity index (χ0n) is 22.3. The predicted molar refractivity (Wildman–Crippen MR) is 132 cm³/mol. The summed E-state index contributed by atoms with van der Waals surface area (Å²) in [5.41, 5.74) is 3.14. The van der Waals surface area contributed by atoms with Gasteiger partial charge < -0.3 is 0 Å². The van der Waals surface area contributed by atoms with E-state index in [1.54, 1.807) is 25.0 Å². The first kappa shape index (κ1) is 24.7. The number of hydrogen-bond acceptors (Lipinski definition) is 0. The Morgan fingerprint density at radius 2 is 1.62 bits per heavy atom. The van der Waals surface area contributed by atoms with Crippen molar-refractivity contribution >= 4 is 0 Å². The second-order valence-electron chi connectivity index (χ2n) is 14.3. The molecule has 0 aliphatic heterocycles. The molecule has 0 saturated heterocycles. The minimum Gasteiger partial charge on any atom is -0.247 e. The Morgan fingerprint density at radius 3 is 2.28 bits per heavy atom. The van der Waals surface area contributed by atoms with Crippen LogP contribution in [0.3, 0.4) is 0 Å². The fourth-order valence-electron chi connectivity index (χ4n) is 9.65. The maximum absolute atomic E-state index is 15.0. The average Bonchev–Trinajstić information content (AvgIpc) is 2.96. The van der Waals surface area contributed by atoms with Crippen molar-refractivity contribution in [3.05, 3.63) is 11.1 Å². The van der Waals surface area contributed by atoms with Crippen molar-refractivity contribution in [3.63, 3.8) is 0 Å². The van der Waals surface area contributed by atoms with Gasteiger partial charge in [-0.25, -0.2) is 8.78 Å². The molecule has 32 heavy (non-hydrogen) atoms. The summed E-state index contributed by atoms with van der Waals surface area (Å²) in [5, 5.41) is 0. The lowest BCUT2D eigenvalue weighted by molar-refractivity contribution is -0.0645. The molecule has 2 heteroatoms. The normalized spacial score (nSPS) is 44.6. The summed E-state index contributed by atoms with van der Waals surface area (Å²) in [6.07, 6.45) is 11.4. The van der Waals surface area contributed by atoms with Crippen LogP contribution in [-0.2, 0) is 0 Å². The molecule has 0 unspecified atom stereocenters. The Morgan fingerprint density at radius 1 is 0.938 bits per heavy atom. The van der Waals surface area contributed by atoms with Gasteiger partial charge in [0.05, 0.1) is 0 Å². The summed E-state index contributed by atoms with van der Waals surface area (Å²) in [5.74, 6) is 1.89. The second-order valence-corrected chi connectivity index (χ2v) is 14.3. The van der Waals surface area contributed by atoms with Crippen LogP contribution in [0.5, 0.6) is 0 Å². The molecule has 184 valence electrons. The monoisotopic (exact) mass is 448 g/mol. The van der Waals surface area contributed by atoms with Crippen molar-refractivity contribution in [3.8, 4) is 0 Å². The van der Waals surface area contributed by atoms with Gasteiger partial charge in [0.1, 0.15) is 11.8 Å². The fourth-order valence-corrected chi connectivity index (χ4v) is 9.65. The molecule has 4 aliphatic rings. The van der Waals surface area contributed by atoms with Crippen LogP contribution in [0.2, 0.25) is 0 Å². The summed E-state index contributed by atoms with van der Waals surface area (Å²) in [6, 6.07) is 0. The molecule has 0 bridgehead atoms. The highest BCUT2D eigenvalue weighted by molar-refractivity contribution is 5.38. The lowest BCUT2D eigenvalue weighted by Crippen LogP contribution is -2.54. The SMILES string of the molecule is C[C@H](CCCC(C)(C)F)[C@H]1CC[C@@]2(C)C3=C(CC[C@]12C)[C@@]1(C)CC[C@H](F)C(C)(C)[C@@H]1CC3. The largest absolute Gasteiger partial charge is 0.247 e. The first-order chi connectivity index (χ1) is 14.7. The van der Waals surface area contributed by atoms with Gasteiger partial charge in [-0.2, -0.15) is 0 Å². The first-order valence-electron chi connectivity index (χ1n) is 13.7. The van der Waals surface area contributed by atoms with E-state index < -0.39 is 11.8 Å². The van der Waals surface area contributed by atoms with Crippen molar-refractivity contribution < 1.29 is 8.78 Å². The summed E-state index contributed by atoms with van der Waals surface area (Å²) >= 11 is 0.